The predicted octanol–water partition coefficient (Wildman–Crippen LogP) is 3.56. The van der Waals surface area contributed by atoms with E-state index in [1.54, 1.807) is 29.7 Å². The molecule has 4 aromatic rings. The number of aromatic nitrogens is 6. The lowest BCUT2D eigenvalue weighted by molar-refractivity contribution is 0.0258. The van der Waals surface area contributed by atoms with Gasteiger partial charge in [0.05, 0.1) is 12.4 Å². The second-order valence-corrected chi connectivity index (χ2v) is 10.0. The van der Waals surface area contributed by atoms with Gasteiger partial charge in [-0.25, -0.2) is 29.5 Å². The zero-order chi connectivity index (χ0) is 29.4. The molecule has 13 heteroatoms. The van der Waals surface area contributed by atoms with Gasteiger partial charge in [-0.2, -0.15) is 0 Å². The van der Waals surface area contributed by atoms with E-state index in [-0.39, 0.29) is 23.7 Å². The first-order chi connectivity index (χ1) is 19.6. The molecule has 4 heterocycles. The summed E-state index contributed by atoms with van der Waals surface area (Å²) in [6.45, 7) is 6.81. The third-order valence-electron chi connectivity index (χ3n) is 5.89. The first-order valence-corrected chi connectivity index (χ1v) is 13.0. The Labute approximate surface area is 237 Å². The number of ether oxygens (including phenoxy) is 2. The predicted molar refractivity (Wildman–Crippen MR) is 148 cm³/mol. The van der Waals surface area contributed by atoms with E-state index in [9.17, 15) is 14.4 Å². The molecule has 0 bridgehead atoms. The fourth-order valence-corrected chi connectivity index (χ4v) is 3.89. The van der Waals surface area contributed by atoms with E-state index < -0.39 is 5.60 Å². The van der Waals surface area contributed by atoms with Crippen LogP contribution in [0.4, 0.5) is 9.59 Å². The monoisotopic (exact) mass is 560 g/mol. The van der Waals surface area contributed by atoms with Gasteiger partial charge in [0, 0.05) is 44.9 Å². The van der Waals surface area contributed by atoms with Gasteiger partial charge in [0.1, 0.15) is 29.7 Å². The van der Waals surface area contributed by atoms with Crippen LogP contribution in [-0.4, -0.2) is 77.7 Å². The Bertz CT molecular complexity index is 1430. The smallest absolute Gasteiger partial charge is 0.410 e. The van der Waals surface area contributed by atoms with Crippen molar-refractivity contribution in [1.29, 1.82) is 0 Å². The summed E-state index contributed by atoms with van der Waals surface area (Å²) in [6, 6.07) is 5.65. The van der Waals surface area contributed by atoms with E-state index in [0.29, 0.717) is 31.1 Å². The SMILES string of the molecule is CNC(=O)c1cnc(Oc2ccc3c(c2)CCN(C(=O)OC(C)(C)C)CC3)cn1.O=C(n1ccnc1)n1ccnc1. The van der Waals surface area contributed by atoms with Crippen LogP contribution < -0.4 is 10.1 Å². The number of nitrogens with zero attached hydrogens (tertiary/aromatic N) is 7. The Balaban J connectivity index is 0.000000267. The van der Waals surface area contributed by atoms with Gasteiger partial charge in [-0.3, -0.25) is 13.9 Å². The van der Waals surface area contributed by atoms with E-state index in [1.165, 1.54) is 46.8 Å². The molecular formula is C28H32N8O5. The largest absolute Gasteiger partial charge is 0.444 e. The Kier molecular flexibility index (Phi) is 9.07. The van der Waals surface area contributed by atoms with Gasteiger partial charge in [0.25, 0.3) is 5.91 Å². The minimum atomic E-state index is -0.508. The summed E-state index contributed by atoms with van der Waals surface area (Å²) in [5.74, 6) is 0.640. The average molecular weight is 561 g/mol. The van der Waals surface area contributed by atoms with Crippen LogP contribution in [0.3, 0.4) is 0 Å². The van der Waals surface area contributed by atoms with Gasteiger partial charge < -0.3 is 19.7 Å². The van der Waals surface area contributed by atoms with Crippen LogP contribution in [0.15, 0.2) is 68.0 Å². The molecule has 5 rings (SSSR count). The number of carbonyl (C=O) groups is 3. The molecule has 0 unspecified atom stereocenters. The molecule has 0 saturated carbocycles. The van der Waals surface area contributed by atoms with Crippen LogP contribution in [0, 0.1) is 0 Å². The Hall–Kier alpha value is -5.07. The highest BCUT2D eigenvalue weighted by Crippen LogP contribution is 2.25. The fraction of sp³-hybridized carbons (Fsp3) is 0.321. The van der Waals surface area contributed by atoms with Crippen LogP contribution in [0.2, 0.25) is 0 Å². The van der Waals surface area contributed by atoms with Crippen molar-refractivity contribution >= 4 is 18.0 Å². The fourth-order valence-electron chi connectivity index (χ4n) is 3.89. The molecule has 0 fully saturated rings. The topological polar surface area (TPSA) is 146 Å². The Morgan fingerprint density at radius 3 is 2.10 bits per heavy atom. The van der Waals surface area contributed by atoms with Gasteiger partial charge in [-0.1, -0.05) is 6.07 Å². The van der Waals surface area contributed by atoms with Crippen molar-refractivity contribution in [2.75, 3.05) is 20.1 Å². The lowest BCUT2D eigenvalue weighted by atomic mass is 10.0. The molecule has 2 amide bonds. The first kappa shape index (κ1) is 28.9. The number of hydrogen-bond donors (Lipinski definition) is 1. The van der Waals surface area contributed by atoms with Crippen molar-refractivity contribution in [3.8, 4) is 11.6 Å². The molecule has 1 aliphatic heterocycles. The highest BCUT2D eigenvalue weighted by atomic mass is 16.6. The molecule has 3 aromatic heterocycles. The standard InChI is InChI=1S/C21H26N4O4.C7H6N4O/c1-21(2,3)29-20(27)25-9-7-14-5-6-16(11-15(14)8-10-25)28-18-13-23-17(12-24-18)19(26)22-4;12-7(10-3-1-8-5-10)11-4-2-9-6-11/h5-6,11-13H,7-10H2,1-4H3,(H,22,26);1-6H. The van der Waals surface area contributed by atoms with Crippen molar-refractivity contribution in [2.24, 2.45) is 0 Å². The lowest BCUT2D eigenvalue weighted by Gasteiger charge is -2.26. The summed E-state index contributed by atoms with van der Waals surface area (Å²) in [4.78, 5) is 52.8. The molecule has 13 nitrogen and oxygen atoms in total. The summed E-state index contributed by atoms with van der Waals surface area (Å²) in [5, 5.41) is 2.50. The second-order valence-electron chi connectivity index (χ2n) is 10.0. The van der Waals surface area contributed by atoms with Gasteiger partial charge in [-0.05, 0) is 56.9 Å². The summed E-state index contributed by atoms with van der Waals surface area (Å²) in [7, 11) is 1.54. The summed E-state index contributed by atoms with van der Waals surface area (Å²) in [5.41, 5.74) is 2.03. The molecule has 1 aromatic carbocycles. The van der Waals surface area contributed by atoms with Crippen molar-refractivity contribution in [2.45, 2.75) is 39.2 Å². The molecule has 0 aliphatic carbocycles. The van der Waals surface area contributed by atoms with Crippen LogP contribution in [-0.2, 0) is 17.6 Å². The maximum Gasteiger partial charge on any atom is 0.410 e. The van der Waals surface area contributed by atoms with E-state index in [1.807, 2.05) is 39.0 Å². The average Bonchev–Trinajstić information content (AvgIpc) is 3.65. The zero-order valence-corrected chi connectivity index (χ0v) is 23.4. The first-order valence-electron chi connectivity index (χ1n) is 13.0. The molecule has 1 aliphatic rings. The van der Waals surface area contributed by atoms with Crippen LogP contribution in [0.5, 0.6) is 11.6 Å². The van der Waals surface area contributed by atoms with E-state index in [4.69, 9.17) is 9.47 Å². The maximum atomic E-state index is 12.4. The summed E-state index contributed by atoms with van der Waals surface area (Å²) >= 11 is 0. The molecule has 0 saturated heterocycles. The summed E-state index contributed by atoms with van der Waals surface area (Å²) < 4.78 is 14.0. The number of fused-ring (bicyclic) bond motifs is 1. The van der Waals surface area contributed by atoms with Gasteiger partial charge in [0.15, 0.2) is 0 Å². The highest BCUT2D eigenvalue weighted by molar-refractivity contribution is 5.91. The van der Waals surface area contributed by atoms with Crippen molar-refractivity contribution < 1.29 is 23.9 Å². The number of imidazole rings is 2. The number of amides is 2. The number of rotatable bonds is 3. The molecule has 0 radical (unpaired) electrons. The molecule has 1 N–H and O–H groups in total. The van der Waals surface area contributed by atoms with Crippen molar-refractivity contribution in [3.05, 3.63) is 84.9 Å². The minimum Gasteiger partial charge on any atom is -0.444 e. The molecular weight excluding hydrogens is 528 g/mol. The number of benzene rings is 1. The quantitative estimate of drug-likeness (QED) is 0.397. The van der Waals surface area contributed by atoms with Gasteiger partial charge >= 0.3 is 12.1 Å². The highest BCUT2D eigenvalue weighted by Gasteiger charge is 2.24. The van der Waals surface area contributed by atoms with Crippen molar-refractivity contribution in [1.82, 2.24) is 39.3 Å². The van der Waals surface area contributed by atoms with Gasteiger partial charge in [0.2, 0.25) is 5.88 Å². The number of nitrogens with one attached hydrogen (secondary N) is 1. The van der Waals surface area contributed by atoms with Gasteiger partial charge in [-0.15, -0.1) is 0 Å². The van der Waals surface area contributed by atoms with Crippen molar-refractivity contribution in [3.63, 3.8) is 0 Å². The lowest BCUT2D eigenvalue weighted by Crippen LogP contribution is -2.38. The third kappa shape index (κ3) is 7.97. The Morgan fingerprint density at radius 1 is 0.902 bits per heavy atom. The van der Waals surface area contributed by atoms with Crippen LogP contribution >= 0.6 is 0 Å². The zero-order valence-electron chi connectivity index (χ0n) is 23.4. The second kappa shape index (κ2) is 12.9. The number of hydrogen-bond acceptors (Lipinski definition) is 9. The molecule has 0 atom stereocenters. The third-order valence-corrected chi connectivity index (χ3v) is 5.89. The minimum absolute atomic E-state index is 0.190. The van der Waals surface area contributed by atoms with Crippen LogP contribution in [0.25, 0.3) is 0 Å². The normalized spacial score (nSPS) is 12.7. The molecule has 41 heavy (non-hydrogen) atoms. The Morgan fingerprint density at radius 2 is 1.56 bits per heavy atom. The summed E-state index contributed by atoms with van der Waals surface area (Å²) in [6.07, 6.45) is 13.1. The van der Waals surface area contributed by atoms with E-state index >= 15 is 0 Å². The maximum absolute atomic E-state index is 12.4. The molecule has 214 valence electrons. The number of carbonyl (C=O) groups excluding carboxylic acids is 3. The van der Waals surface area contributed by atoms with E-state index in [0.717, 1.165) is 12.0 Å². The van der Waals surface area contributed by atoms with Crippen LogP contribution in [0.1, 0.15) is 42.4 Å². The van der Waals surface area contributed by atoms with E-state index in [2.05, 4.69) is 25.3 Å². The molecule has 0 spiro atoms.